The van der Waals surface area contributed by atoms with Gasteiger partial charge in [-0.2, -0.15) is 0 Å². The topological polar surface area (TPSA) is 9.23 Å². The average Bonchev–Trinajstić information content (AvgIpc) is 2.28. The fourth-order valence-electron chi connectivity index (χ4n) is 1.36. The molecule has 17 heavy (non-hydrogen) atoms. The van der Waals surface area contributed by atoms with E-state index in [1.54, 1.807) is 6.07 Å². The highest BCUT2D eigenvalue weighted by molar-refractivity contribution is 5.24. The summed E-state index contributed by atoms with van der Waals surface area (Å²) in [6, 6.07) is 8.75. The molecule has 1 nitrogen and oxygen atoms in total. The molecular weight excluding hydrogens is 229 g/mol. The summed E-state index contributed by atoms with van der Waals surface area (Å²) in [6.07, 6.45) is 0. The van der Waals surface area contributed by atoms with Gasteiger partial charge in [-0.25, -0.2) is 13.2 Å². The second-order valence-corrected chi connectivity index (χ2v) is 3.48. The largest absolute Gasteiger partial charge is 0.489 e. The molecule has 0 aliphatic carbocycles. The van der Waals surface area contributed by atoms with Crippen LogP contribution in [0.25, 0.3) is 0 Å². The summed E-state index contributed by atoms with van der Waals surface area (Å²) < 4.78 is 43.9. The Balaban J connectivity index is 2.07. The third-order valence-electron chi connectivity index (χ3n) is 2.21. The van der Waals surface area contributed by atoms with Gasteiger partial charge in [0.1, 0.15) is 29.8 Å². The Kier molecular flexibility index (Phi) is 3.32. The molecule has 2 rings (SSSR count). The quantitative estimate of drug-likeness (QED) is 0.792. The highest BCUT2D eigenvalue weighted by atomic mass is 19.1. The molecule has 0 aliphatic rings. The van der Waals surface area contributed by atoms with E-state index in [1.165, 1.54) is 24.3 Å². The summed E-state index contributed by atoms with van der Waals surface area (Å²) in [5, 5.41) is 0. The predicted molar refractivity (Wildman–Crippen MR) is 57.1 cm³/mol. The van der Waals surface area contributed by atoms with Crippen LogP contribution in [0, 0.1) is 17.5 Å². The average molecular weight is 238 g/mol. The van der Waals surface area contributed by atoms with Crippen molar-refractivity contribution in [1.82, 2.24) is 0 Å². The van der Waals surface area contributed by atoms with Crippen LogP contribution in [-0.4, -0.2) is 0 Å². The molecule has 2 aromatic rings. The monoisotopic (exact) mass is 238 g/mol. The van der Waals surface area contributed by atoms with E-state index in [4.69, 9.17) is 4.74 Å². The van der Waals surface area contributed by atoms with Crippen molar-refractivity contribution >= 4 is 0 Å². The SMILES string of the molecule is Fc1cccc(OCc2ccc(F)cc2F)c1. The van der Waals surface area contributed by atoms with Crippen LogP contribution in [0.1, 0.15) is 5.56 Å². The van der Waals surface area contributed by atoms with E-state index in [0.717, 1.165) is 12.1 Å². The standard InChI is InChI=1S/C13H9F3O/c14-10-2-1-3-12(6-10)17-8-9-4-5-11(15)7-13(9)16/h1-7H,8H2. The molecule has 0 bridgehead atoms. The first kappa shape index (κ1) is 11.5. The maximum atomic E-state index is 13.2. The molecule has 0 unspecified atom stereocenters. The normalized spacial score (nSPS) is 10.3. The van der Waals surface area contributed by atoms with Crippen LogP contribution in [0.15, 0.2) is 42.5 Å². The Morgan fingerprint density at radius 2 is 1.65 bits per heavy atom. The molecule has 88 valence electrons. The van der Waals surface area contributed by atoms with Gasteiger partial charge < -0.3 is 4.74 Å². The molecular formula is C13H9F3O. The number of rotatable bonds is 3. The minimum Gasteiger partial charge on any atom is -0.489 e. The first-order chi connectivity index (χ1) is 8.15. The van der Waals surface area contributed by atoms with Gasteiger partial charge in [0, 0.05) is 17.7 Å². The summed E-state index contributed by atoms with van der Waals surface area (Å²) in [6.45, 7) is -0.0738. The van der Waals surface area contributed by atoms with E-state index < -0.39 is 17.5 Å². The second kappa shape index (κ2) is 4.91. The molecule has 0 heterocycles. The van der Waals surface area contributed by atoms with Crippen LogP contribution in [0.2, 0.25) is 0 Å². The van der Waals surface area contributed by atoms with Crippen LogP contribution in [-0.2, 0) is 6.61 Å². The van der Waals surface area contributed by atoms with Gasteiger partial charge in [-0.1, -0.05) is 6.07 Å². The summed E-state index contributed by atoms with van der Waals surface area (Å²) in [5.74, 6) is -1.45. The zero-order valence-electron chi connectivity index (χ0n) is 8.79. The van der Waals surface area contributed by atoms with Crippen molar-refractivity contribution in [2.75, 3.05) is 0 Å². The van der Waals surface area contributed by atoms with E-state index in [0.29, 0.717) is 5.75 Å². The van der Waals surface area contributed by atoms with Gasteiger partial charge in [0.05, 0.1) is 0 Å². The van der Waals surface area contributed by atoms with Crippen molar-refractivity contribution < 1.29 is 17.9 Å². The summed E-state index contributed by atoms with van der Waals surface area (Å²) in [7, 11) is 0. The van der Waals surface area contributed by atoms with Gasteiger partial charge >= 0.3 is 0 Å². The van der Waals surface area contributed by atoms with Crippen molar-refractivity contribution in [3.05, 3.63) is 65.5 Å². The van der Waals surface area contributed by atoms with Crippen molar-refractivity contribution in [2.45, 2.75) is 6.61 Å². The molecule has 0 amide bonds. The van der Waals surface area contributed by atoms with E-state index in [9.17, 15) is 13.2 Å². The van der Waals surface area contributed by atoms with Gasteiger partial charge in [-0.05, 0) is 24.3 Å². The van der Waals surface area contributed by atoms with Crippen LogP contribution in [0.4, 0.5) is 13.2 Å². The van der Waals surface area contributed by atoms with Crippen LogP contribution < -0.4 is 4.74 Å². The van der Waals surface area contributed by atoms with Crippen LogP contribution in [0.5, 0.6) is 5.75 Å². The smallest absolute Gasteiger partial charge is 0.132 e. The molecule has 2 aromatic carbocycles. The molecule has 0 saturated carbocycles. The van der Waals surface area contributed by atoms with Crippen molar-refractivity contribution in [1.29, 1.82) is 0 Å². The lowest BCUT2D eigenvalue weighted by molar-refractivity contribution is 0.298. The van der Waals surface area contributed by atoms with E-state index >= 15 is 0 Å². The maximum Gasteiger partial charge on any atom is 0.132 e. The molecule has 0 atom stereocenters. The highest BCUT2D eigenvalue weighted by Gasteiger charge is 2.04. The molecule has 0 aromatic heterocycles. The third-order valence-corrected chi connectivity index (χ3v) is 2.21. The molecule has 0 radical (unpaired) electrons. The number of benzene rings is 2. The van der Waals surface area contributed by atoms with Gasteiger partial charge in [-0.3, -0.25) is 0 Å². The van der Waals surface area contributed by atoms with E-state index in [-0.39, 0.29) is 12.2 Å². The Bertz CT molecular complexity index is 526. The number of ether oxygens (including phenoxy) is 1. The van der Waals surface area contributed by atoms with E-state index in [2.05, 4.69) is 0 Å². The maximum absolute atomic E-state index is 13.2. The van der Waals surface area contributed by atoms with Gasteiger partial charge in [-0.15, -0.1) is 0 Å². The van der Waals surface area contributed by atoms with Crippen LogP contribution >= 0.6 is 0 Å². The Morgan fingerprint density at radius 3 is 2.35 bits per heavy atom. The zero-order valence-corrected chi connectivity index (χ0v) is 8.79. The Hall–Kier alpha value is -1.97. The highest BCUT2D eigenvalue weighted by Crippen LogP contribution is 2.16. The second-order valence-electron chi connectivity index (χ2n) is 3.48. The zero-order chi connectivity index (χ0) is 12.3. The lowest BCUT2D eigenvalue weighted by atomic mass is 10.2. The molecule has 0 saturated heterocycles. The van der Waals surface area contributed by atoms with Gasteiger partial charge in [0.25, 0.3) is 0 Å². The minimum absolute atomic E-state index is 0.0738. The van der Waals surface area contributed by atoms with E-state index in [1.807, 2.05) is 0 Å². The summed E-state index contributed by atoms with van der Waals surface area (Å²) >= 11 is 0. The predicted octanol–water partition coefficient (Wildman–Crippen LogP) is 3.68. The van der Waals surface area contributed by atoms with Gasteiger partial charge in [0.2, 0.25) is 0 Å². The molecule has 0 spiro atoms. The molecule has 4 heteroatoms. The van der Waals surface area contributed by atoms with Gasteiger partial charge in [0.15, 0.2) is 0 Å². The molecule has 0 fully saturated rings. The number of halogens is 3. The fraction of sp³-hybridized carbons (Fsp3) is 0.0769. The lowest BCUT2D eigenvalue weighted by Gasteiger charge is -2.07. The first-order valence-corrected chi connectivity index (χ1v) is 4.97. The molecule has 0 N–H and O–H groups in total. The van der Waals surface area contributed by atoms with Crippen molar-refractivity contribution in [3.63, 3.8) is 0 Å². The minimum atomic E-state index is -0.679. The summed E-state index contributed by atoms with van der Waals surface area (Å²) in [5.41, 5.74) is 0.218. The fourth-order valence-corrected chi connectivity index (χ4v) is 1.36. The Labute approximate surface area is 96.5 Å². The summed E-state index contributed by atoms with van der Waals surface area (Å²) in [4.78, 5) is 0. The molecule has 0 aliphatic heterocycles. The van der Waals surface area contributed by atoms with Crippen molar-refractivity contribution in [3.8, 4) is 5.75 Å². The number of hydrogen-bond acceptors (Lipinski definition) is 1. The lowest BCUT2D eigenvalue weighted by Crippen LogP contribution is -1.99. The first-order valence-electron chi connectivity index (χ1n) is 4.97. The van der Waals surface area contributed by atoms with Crippen LogP contribution in [0.3, 0.4) is 0 Å². The third kappa shape index (κ3) is 3.00. The number of hydrogen-bond donors (Lipinski definition) is 0. The van der Waals surface area contributed by atoms with Crippen molar-refractivity contribution in [2.24, 2.45) is 0 Å². The Morgan fingerprint density at radius 1 is 0.882 bits per heavy atom.